The molecule has 0 unspecified atom stereocenters. The van der Waals surface area contributed by atoms with E-state index in [-0.39, 0.29) is 0 Å². The highest BCUT2D eigenvalue weighted by Crippen LogP contribution is 2.34. The predicted molar refractivity (Wildman–Crippen MR) is 69.0 cm³/mol. The Morgan fingerprint density at radius 2 is 1.79 bits per heavy atom. The quantitative estimate of drug-likeness (QED) is 0.466. The van der Waals surface area contributed by atoms with E-state index in [1.165, 1.54) is 6.42 Å². The lowest BCUT2D eigenvalue weighted by Gasteiger charge is -2.31. The molecule has 14 heavy (non-hydrogen) atoms. The van der Waals surface area contributed by atoms with Gasteiger partial charge in [-0.25, -0.2) is 0 Å². The van der Waals surface area contributed by atoms with E-state index < -0.39 is 8.07 Å². The van der Waals surface area contributed by atoms with Gasteiger partial charge in [0.2, 0.25) is 0 Å². The molecule has 0 N–H and O–H groups in total. The fourth-order valence-electron chi connectivity index (χ4n) is 0.719. The Kier molecular flexibility index (Phi) is 5.22. The highest BCUT2D eigenvalue weighted by molar-refractivity contribution is 6.87. The van der Waals surface area contributed by atoms with Gasteiger partial charge in [-0.1, -0.05) is 59.2 Å². The van der Waals surface area contributed by atoms with Crippen LogP contribution in [-0.2, 0) is 0 Å². The van der Waals surface area contributed by atoms with Crippen LogP contribution in [0, 0.1) is 11.5 Å². The van der Waals surface area contributed by atoms with Gasteiger partial charge in [0.15, 0.2) is 0 Å². The minimum Gasteiger partial charge on any atom is -0.127 e. The lowest BCUT2D eigenvalue weighted by molar-refractivity contribution is 0.731. The maximum Gasteiger partial charge on any atom is 0.138 e. The standard InChI is InChI=1S/C13H24Si/c1-7-8-9-10-11-12-14(5,6)13(2,3)4/h9-10H,7-8H2,1-6H3/b10-9+. The second kappa shape index (κ2) is 5.41. The van der Waals surface area contributed by atoms with Crippen molar-refractivity contribution < 1.29 is 0 Å². The molecule has 0 saturated carbocycles. The Labute approximate surface area is 90.8 Å². The van der Waals surface area contributed by atoms with Crippen LogP contribution in [0.1, 0.15) is 40.5 Å². The third-order valence-corrected chi connectivity index (χ3v) is 7.44. The molecular formula is C13H24Si. The first-order chi connectivity index (χ1) is 6.31. The maximum atomic E-state index is 3.46. The highest BCUT2D eigenvalue weighted by atomic mass is 28.3. The van der Waals surface area contributed by atoms with Crippen molar-refractivity contribution in [1.29, 1.82) is 0 Å². The molecule has 1 heteroatoms. The molecule has 0 radical (unpaired) electrons. The molecule has 0 bridgehead atoms. The van der Waals surface area contributed by atoms with Crippen molar-refractivity contribution in [1.82, 2.24) is 0 Å². The minimum atomic E-state index is -1.38. The predicted octanol–water partition coefficient (Wildman–Crippen LogP) is 4.39. The molecule has 80 valence electrons. The van der Waals surface area contributed by atoms with Crippen LogP contribution >= 0.6 is 0 Å². The van der Waals surface area contributed by atoms with E-state index in [1.807, 2.05) is 6.08 Å². The molecule has 0 nitrogen and oxygen atoms in total. The lowest BCUT2D eigenvalue weighted by Crippen LogP contribution is -2.35. The molecule has 0 aromatic rings. The molecule has 0 aromatic heterocycles. The van der Waals surface area contributed by atoms with Crippen molar-refractivity contribution >= 4 is 8.07 Å². The number of hydrogen-bond acceptors (Lipinski definition) is 0. The summed E-state index contributed by atoms with van der Waals surface area (Å²) in [5.41, 5.74) is 3.46. The Bertz CT molecular complexity index is 243. The van der Waals surface area contributed by atoms with Crippen LogP contribution in [0.2, 0.25) is 18.1 Å². The molecule has 0 aliphatic rings. The lowest BCUT2D eigenvalue weighted by atomic mass is 10.2. The summed E-state index contributed by atoms with van der Waals surface area (Å²) in [5, 5.41) is 0.374. The third kappa shape index (κ3) is 4.67. The number of unbranched alkanes of at least 4 members (excludes halogenated alkanes) is 1. The zero-order valence-corrected chi connectivity index (χ0v) is 11.6. The van der Waals surface area contributed by atoms with Gasteiger partial charge in [-0.3, -0.25) is 0 Å². The second-order valence-electron chi connectivity index (χ2n) is 5.34. The zero-order valence-electron chi connectivity index (χ0n) is 10.6. The smallest absolute Gasteiger partial charge is 0.127 e. The van der Waals surface area contributed by atoms with Crippen molar-refractivity contribution in [3.63, 3.8) is 0 Å². The SMILES string of the molecule is CCC/C=C/C#C[Si](C)(C)C(C)(C)C. The van der Waals surface area contributed by atoms with Crippen LogP contribution < -0.4 is 0 Å². The van der Waals surface area contributed by atoms with E-state index in [4.69, 9.17) is 0 Å². The average Bonchev–Trinajstić information content (AvgIpc) is 2.02. The molecule has 0 rings (SSSR count). The van der Waals surface area contributed by atoms with Crippen molar-refractivity contribution in [3.05, 3.63) is 12.2 Å². The third-order valence-electron chi connectivity index (χ3n) is 2.92. The molecule has 0 aliphatic carbocycles. The van der Waals surface area contributed by atoms with Gasteiger partial charge in [0.25, 0.3) is 0 Å². The summed E-state index contributed by atoms with van der Waals surface area (Å²) in [6, 6.07) is 0. The largest absolute Gasteiger partial charge is 0.138 e. The van der Waals surface area contributed by atoms with E-state index in [9.17, 15) is 0 Å². The molecule has 0 fully saturated rings. The molecule has 0 aliphatic heterocycles. The minimum absolute atomic E-state index is 0.374. The Morgan fingerprint density at radius 3 is 2.21 bits per heavy atom. The van der Waals surface area contributed by atoms with Gasteiger partial charge in [-0.15, -0.1) is 5.54 Å². The maximum absolute atomic E-state index is 3.46. The van der Waals surface area contributed by atoms with Gasteiger partial charge in [-0.2, -0.15) is 0 Å². The van der Waals surface area contributed by atoms with Crippen LogP contribution in [0.5, 0.6) is 0 Å². The number of allylic oxidation sites excluding steroid dienone is 2. The van der Waals surface area contributed by atoms with E-state index >= 15 is 0 Å². The van der Waals surface area contributed by atoms with Crippen LogP contribution in [-0.4, -0.2) is 8.07 Å². The normalized spacial score (nSPS) is 12.7. The Hall–Kier alpha value is -0.483. The summed E-state index contributed by atoms with van der Waals surface area (Å²) in [4.78, 5) is 0. The highest BCUT2D eigenvalue weighted by Gasteiger charge is 2.33. The molecule has 0 aromatic carbocycles. The van der Waals surface area contributed by atoms with Crippen molar-refractivity contribution in [2.75, 3.05) is 0 Å². The van der Waals surface area contributed by atoms with Gasteiger partial charge in [0, 0.05) is 0 Å². The summed E-state index contributed by atoms with van der Waals surface area (Å²) >= 11 is 0. The van der Waals surface area contributed by atoms with Gasteiger partial charge >= 0.3 is 0 Å². The molecule has 0 saturated heterocycles. The number of rotatable bonds is 2. The first-order valence-electron chi connectivity index (χ1n) is 5.49. The average molecular weight is 208 g/mol. The van der Waals surface area contributed by atoms with Crippen LogP contribution in [0.4, 0.5) is 0 Å². The molecular weight excluding hydrogens is 184 g/mol. The zero-order chi connectivity index (χ0) is 11.2. The second-order valence-corrected chi connectivity index (χ2v) is 10.3. The molecule has 0 atom stereocenters. The Balaban J connectivity index is 4.35. The topological polar surface area (TPSA) is 0 Å². The van der Waals surface area contributed by atoms with Gasteiger partial charge in [0.05, 0.1) is 0 Å². The first-order valence-corrected chi connectivity index (χ1v) is 8.49. The summed E-state index contributed by atoms with van der Waals surface area (Å²) in [6.45, 7) is 13.8. The molecule has 0 amide bonds. The molecule has 0 spiro atoms. The first kappa shape index (κ1) is 13.5. The molecule has 0 heterocycles. The van der Waals surface area contributed by atoms with E-state index in [2.05, 4.69) is 58.3 Å². The van der Waals surface area contributed by atoms with E-state index in [0.717, 1.165) is 6.42 Å². The van der Waals surface area contributed by atoms with Crippen LogP contribution in [0.25, 0.3) is 0 Å². The summed E-state index contributed by atoms with van der Waals surface area (Å²) in [7, 11) is -1.38. The summed E-state index contributed by atoms with van der Waals surface area (Å²) in [5.74, 6) is 3.20. The van der Waals surface area contributed by atoms with Gasteiger partial charge in [-0.05, 0) is 17.5 Å². The summed E-state index contributed by atoms with van der Waals surface area (Å²) in [6.07, 6.45) is 6.54. The van der Waals surface area contributed by atoms with Gasteiger partial charge in [0.1, 0.15) is 8.07 Å². The van der Waals surface area contributed by atoms with E-state index in [1.54, 1.807) is 0 Å². The monoisotopic (exact) mass is 208 g/mol. The van der Waals surface area contributed by atoms with Crippen LogP contribution in [0.3, 0.4) is 0 Å². The van der Waals surface area contributed by atoms with Crippen molar-refractivity contribution in [2.24, 2.45) is 0 Å². The summed E-state index contributed by atoms with van der Waals surface area (Å²) < 4.78 is 0. The van der Waals surface area contributed by atoms with Crippen molar-refractivity contribution in [3.8, 4) is 11.5 Å². The van der Waals surface area contributed by atoms with Crippen LogP contribution in [0.15, 0.2) is 12.2 Å². The Morgan fingerprint density at radius 1 is 1.21 bits per heavy atom. The fraction of sp³-hybridized carbons (Fsp3) is 0.692. The van der Waals surface area contributed by atoms with E-state index in [0.29, 0.717) is 5.04 Å². The van der Waals surface area contributed by atoms with Crippen molar-refractivity contribution in [2.45, 2.75) is 58.7 Å². The fourth-order valence-corrected chi connectivity index (χ4v) is 1.54. The number of hydrogen-bond donors (Lipinski definition) is 0. The van der Waals surface area contributed by atoms with Gasteiger partial charge < -0.3 is 0 Å².